The van der Waals surface area contributed by atoms with Gasteiger partial charge >= 0.3 is 0 Å². The molecule has 7 aromatic carbocycles. The Morgan fingerprint density at radius 3 is 1.94 bits per heavy atom. The molecule has 0 radical (unpaired) electrons. The smallest absolute Gasteiger partial charge is 0.148 e. The average Bonchev–Trinajstić information content (AvgIpc) is 3.71. The standard InChI is InChI=1S/C60H56N3O.Pt/c1-37-19-21-41(22-20-37)44-27-28-61-53(35-44)46-32-45(33-48(34-46)60(8,9)10)49-17-14-18-54-56(49)62-58(52-30-38(2)29-40(4)57(52)64)63(54)55-36-50(42-15-12-11-13-16-42)39(3)31-51(55)43-23-25-47(26-24-43)59(5,6)7;/h11-31,33-36,64H,1-10H3;/q-1;/i1D3,3D3;. The summed E-state index contributed by atoms with van der Waals surface area (Å²) in [5.74, 6) is 0.593. The van der Waals surface area contributed by atoms with Crippen LogP contribution in [0.15, 0.2) is 152 Å². The first-order valence-corrected chi connectivity index (χ1v) is 21.8. The van der Waals surface area contributed by atoms with Crippen LogP contribution in [0.2, 0.25) is 0 Å². The molecule has 0 aliphatic carbocycles. The van der Waals surface area contributed by atoms with Gasteiger partial charge in [0.2, 0.25) is 0 Å². The number of pyridine rings is 1. The molecule has 0 saturated carbocycles. The summed E-state index contributed by atoms with van der Waals surface area (Å²) >= 11 is 0. The molecule has 0 bridgehead atoms. The van der Waals surface area contributed by atoms with Crippen molar-refractivity contribution in [1.82, 2.24) is 14.5 Å². The van der Waals surface area contributed by atoms with E-state index in [0.717, 1.165) is 61.2 Å². The van der Waals surface area contributed by atoms with Gasteiger partial charge in [-0.3, -0.25) is 9.55 Å². The van der Waals surface area contributed by atoms with E-state index in [1.54, 1.807) is 18.3 Å². The Kier molecular flexibility index (Phi) is 10.3. The van der Waals surface area contributed by atoms with E-state index < -0.39 is 13.7 Å². The Labute approximate surface area is 407 Å². The molecule has 2 aromatic heterocycles. The van der Waals surface area contributed by atoms with Crippen molar-refractivity contribution in [2.24, 2.45) is 0 Å². The SMILES string of the molecule is [2H]C([2H])([2H])c1ccc(-c2ccnc(-c3[c-]c(-c4cccc5c4nc(-c4cc(C)cc(C)c4O)n5-c4cc(-c5ccccc5)c(C([2H])([2H])[2H])cc4-c4ccc(C(C)(C)C)cc4)cc(C(C)(C)C)c3)c2)cc1.[Pt]. The van der Waals surface area contributed by atoms with Crippen molar-refractivity contribution in [2.45, 2.75) is 79.9 Å². The second-order valence-electron chi connectivity index (χ2n) is 19.0. The van der Waals surface area contributed by atoms with E-state index >= 15 is 0 Å². The average molecular weight is 1040 g/mol. The molecular weight excluding hydrogens is 974 g/mol. The third kappa shape index (κ3) is 8.90. The molecule has 65 heavy (non-hydrogen) atoms. The third-order valence-corrected chi connectivity index (χ3v) is 12.2. The molecule has 328 valence electrons. The predicted molar refractivity (Wildman–Crippen MR) is 268 cm³/mol. The number of phenolic OH excluding ortho intramolecular Hbond substituents is 1. The molecule has 9 rings (SSSR count). The van der Waals surface area contributed by atoms with Gasteiger partial charge in [-0.2, -0.15) is 0 Å². The molecule has 4 nitrogen and oxygen atoms in total. The maximum absolute atomic E-state index is 12.0. The Morgan fingerprint density at radius 1 is 0.554 bits per heavy atom. The zero-order chi connectivity index (χ0) is 50.1. The summed E-state index contributed by atoms with van der Waals surface area (Å²) in [5, 5.41) is 12.0. The van der Waals surface area contributed by atoms with E-state index in [-0.39, 0.29) is 48.8 Å². The van der Waals surface area contributed by atoms with Crippen LogP contribution in [0.3, 0.4) is 0 Å². The third-order valence-electron chi connectivity index (χ3n) is 12.2. The molecule has 0 saturated heterocycles. The number of aromatic hydroxyl groups is 1. The molecular formula is C60H56N3OPt-. The van der Waals surface area contributed by atoms with Gasteiger partial charge in [0.25, 0.3) is 0 Å². The minimum absolute atomic E-state index is 0. The first kappa shape index (κ1) is 38.0. The van der Waals surface area contributed by atoms with Gasteiger partial charge in [-0.05, 0) is 119 Å². The number of aryl methyl sites for hydroxylation is 4. The predicted octanol–water partition coefficient (Wildman–Crippen LogP) is 15.8. The quantitative estimate of drug-likeness (QED) is 0.162. The summed E-state index contributed by atoms with van der Waals surface area (Å²) in [6.07, 6.45) is 1.76. The Morgan fingerprint density at radius 2 is 1.25 bits per heavy atom. The molecule has 0 spiro atoms. The number of aromatic nitrogens is 3. The van der Waals surface area contributed by atoms with Crippen molar-refractivity contribution in [2.75, 3.05) is 0 Å². The number of rotatable bonds is 7. The molecule has 0 amide bonds. The minimum atomic E-state index is -2.45. The molecule has 0 unspecified atom stereocenters. The normalized spacial score (nSPS) is 13.5. The van der Waals surface area contributed by atoms with Gasteiger partial charge in [0, 0.05) is 46.7 Å². The Bertz CT molecular complexity index is 3430. The monoisotopic (exact) mass is 1040 g/mol. The van der Waals surface area contributed by atoms with Gasteiger partial charge in [0.1, 0.15) is 11.6 Å². The number of hydrogen-bond acceptors (Lipinski definition) is 3. The van der Waals surface area contributed by atoms with Crippen LogP contribution in [-0.2, 0) is 31.9 Å². The van der Waals surface area contributed by atoms with Crippen LogP contribution in [0.1, 0.15) is 83.1 Å². The summed E-state index contributed by atoms with van der Waals surface area (Å²) in [7, 11) is 0. The Hall–Kier alpha value is -6.35. The van der Waals surface area contributed by atoms with Gasteiger partial charge < -0.3 is 5.11 Å². The second kappa shape index (κ2) is 17.6. The fraction of sp³-hybridized carbons (Fsp3) is 0.200. The second-order valence-corrected chi connectivity index (χ2v) is 19.0. The number of fused-ring (bicyclic) bond motifs is 1. The molecule has 5 heteroatoms. The van der Waals surface area contributed by atoms with Gasteiger partial charge in [0.15, 0.2) is 0 Å². The maximum Gasteiger partial charge on any atom is 0.148 e. The zero-order valence-corrected chi connectivity index (χ0v) is 40.3. The van der Waals surface area contributed by atoms with Crippen LogP contribution >= 0.6 is 0 Å². The van der Waals surface area contributed by atoms with E-state index in [9.17, 15) is 5.11 Å². The number of nitrogens with zero attached hydrogens (tertiary/aromatic N) is 3. The first-order valence-electron chi connectivity index (χ1n) is 24.8. The fourth-order valence-corrected chi connectivity index (χ4v) is 8.59. The maximum atomic E-state index is 12.0. The van der Waals surface area contributed by atoms with Crippen molar-refractivity contribution in [3.63, 3.8) is 0 Å². The van der Waals surface area contributed by atoms with Gasteiger partial charge in [-0.25, -0.2) is 4.98 Å². The number of para-hydroxylation sites is 1. The molecule has 0 aliphatic rings. The summed E-state index contributed by atoms with van der Waals surface area (Å²) in [4.78, 5) is 10.4. The van der Waals surface area contributed by atoms with Gasteiger partial charge in [-0.1, -0.05) is 161 Å². The van der Waals surface area contributed by atoms with Crippen LogP contribution in [-0.4, -0.2) is 19.6 Å². The van der Waals surface area contributed by atoms with Gasteiger partial charge in [-0.15, -0.1) is 29.3 Å². The van der Waals surface area contributed by atoms with Crippen molar-refractivity contribution in [3.05, 3.63) is 191 Å². The van der Waals surface area contributed by atoms with Crippen LogP contribution in [0, 0.1) is 33.6 Å². The van der Waals surface area contributed by atoms with Crippen LogP contribution in [0.5, 0.6) is 5.75 Å². The number of hydrogen-bond donors (Lipinski definition) is 1. The molecule has 1 N–H and O–H groups in total. The molecule has 0 atom stereocenters. The largest absolute Gasteiger partial charge is 0.507 e. The summed E-state index contributed by atoms with van der Waals surface area (Å²) < 4.78 is 52.2. The summed E-state index contributed by atoms with van der Waals surface area (Å²) in [5.41, 5.74) is 14.3. The van der Waals surface area contributed by atoms with E-state index in [4.69, 9.17) is 18.2 Å². The summed E-state index contributed by atoms with van der Waals surface area (Å²) in [6, 6.07) is 50.6. The van der Waals surface area contributed by atoms with Crippen LogP contribution in [0.25, 0.3) is 83.9 Å². The van der Waals surface area contributed by atoms with Crippen LogP contribution in [0.4, 0.5) is 0 Å². The molecule has 0 aliphatic heterocycles. The zero-order valence-electron chi connectivity index (χ0n) is 44.0. The van der Waals surface area contributed by atoms with Crippen molar-refractivity contribution in [1.29, 1.82) is 0 Å². The summed E-state index contributed by atoms with van der Waals surface area (Å²) in [6.45, 7) is 12.3. The topological polar surface area (TPSA) is 50.9 Å². The molecule has 9 aromatic rings. The number of imidazole rings is 1. The number of benzene rings is 7. The number of phenols is 1. The van der Waals surface area contributed by atoms with E-state index in [1.807, 2.05) is 111 Å². The van der Waals surface area contributed by atoms with E-state index in [2.05, 4.69) is 88.6 Å². The molecule has 2 heterocycles. The minimum Gasteiger partial charge on any atom is -0.507 e. The van der Waals surface area contributed by atoms with Crippen molar-refractivity contribution < 1.29 is 34.4 Å². The first-order chi connectivity index (χ1) is 33.0. The molecule has 0 fully saturated rings. The Balaban J connectivity index is 0.00000676. The fourth-order valence-electron chi connectivity index (χ4n) is 8.59. The van der Waals surface area contributed by atoms with Crippen LogP contribution < -0.4 is 0 Å². The van der Waals surface area contributed by atoms with Crippen molar-refractivity contribution >= 4 is 11.0 Å². The van der Waals surface area contributed by atoms with Crippen molar-refractivity contribution in [3.8, 4) is 78.6 Å². The van der Waals surface area contributed by atoms with Gasteiger partial charge in [0.05, 0.1) is 22.3 Å². The van der Waals surface area contributed by atoms with E-state index in [0.29, 0.717) is 45.0 Å². The van der Waals surface area contributed by atoms with E-state index in [1.165, 1.54) is 0 Å².